The fraction of sp³-hybridized carbons (Fsp3) is 0.167. The molecule has 0 atom stereocenters. The first kappa shape index (κ1) is 12.7. The lowest BCUT2D eigenvalue weighted by atomic mass is 10.2. The molecule has 0 amide bonds. The quantitative estimate of drug-likeness (QED) is 0.797. The first-order valence-corrected chi connectivity index (χ1v) is 6.62. The molecule has 0 bridgehead atoms. The van der Waals surface area contributed by atoms with Gasteiger partial charge in [-0.3, -0.25) is 4.79 Å². The second-order valence-corrected chi connectivity index (χ2v) is 5.25. The van der Waals surface area contributed by atoms with E-state index in [0.717, 1.165) is 15.0 Å². The average molecular weight is 292 g/mol. The van der Waals surface area contributed by atoms with Crippen molar-refractivity contribution in [3.8, 4) is 10.7 Å². The van der Waals surface area contributed by atoms with Gasteiger partial charge in [0.1, 0.15) is 5.82 Å². The molecule has 0 saturated carbocycles. The van der Waals surface area contributed by atoms with Crippen molar-refractivity contribution < 1.29 is 14.3 Å². The summed E-state index contributed by atoms with van der Waals surface area (Å²) in [4.78, 5) is 11.4. The SMILES string of the molecule is O=C(O)CCn1nnnc1-c1cc2ccc(F)cc2s1. The number of aryl methyl sites for hydroxylation is 1. The van der Waals surface area contributed by atoms with Crippen molar-refractivity contribution in [2.75, 3.05) is 0 Å². The van der Waals surface area contributed by atoms with Gasteiger partial charge in [0.25, 0.3) is 0 Å². The number of carbonyl (C=O) groups is 1. The summed E-state index contributed by atoms with van der Waals surface area (Å²) in [5.74, 6) is -0.714. The minimum absolute atomic E-state index is 0.0580. The highest BCUT2D eigenvalue weighted by Crippen LogP contribution is 2.32. The number of hydrogen-bond acceptors (Lipinski definition) is 5. The summed E-state index contributed by atoms with van der Waals surface area (Å²) in [6.45, 7) is 0.195. The van der Waals surface area contributed by atoms with Gasteiger partial charge in [-0.2, -0.15) is 0 Å². The molecule has 0 aliphatic rings. The summed E-state index contributed by atoms with van der Waals surface area (Å²) in [6, 6.07) is 6.40. The summed E-state index contributed by atoms with van der Waals surface area (Å²) in [5.41, 5.74) is 0. The molecule has 3 aromatic rings. The number of carboxylic acid groups (broad SMARTS) is 1. The van der Waals surface area contributed by atoms with Crippen molar-refractivity contribution in [2.24, 2.45) is 0 Å². The number of benzene rings is 1. The largest absolute Gasteiger partial charge is 0.481 e. The van der Waals surface area contributed by atoms with E-state index < -0.39 is 5.97 Å². The third-order valence-electron chi connectivity index (χ3n) is 2.77. The van der Waals surface area contributed by atoms with E-state index in [-0.39, 0.29) is 18.8 Å². The highest BCUT2D eigenvalue weighted by atomic mass is 32.1. The number of nitrogens with zero attached hydrogens (tertiary/aromatic N) is 4. The summed E-state index contributed by atoms with van der Waals surface area (Å²) in [7, 11) is 0. The van der Waals surface area contributed by atoms with Crippen LogP contribution >= 0.6 is 11.3 Å². The van der Waals surface area contributed by atoms with Crippen molar-refractivity contribution in [2.45, 2.75) is 13.0 Å². The molecule has 0 fully saturated rings. The number of thiophene rings is 1. The number of carboxylic acids is 1. The van der Waals surface area contributed by atoms with Crippen LogP contribution in [0.2, 0.25) is 0 Å². The monoisotopic (exact) mass is 292 g/mol. The minimum Gasteiger partial charge on any atom is -0.481 e. The van der Waals surface area contributed by atoms with E-state index in [4.69, 9.17) is 5.11 Å². The van der Waals surface area contributed by atoms with E-state index in [1.165, 1.54) is 28.2 Å². The normalized spacial score (nSPS) is 11.1. The van der Waals surface area contributed by atoms with Crippen molar-refractivity contribution in [1.82, 2.24) is 20.2 Å². The molecule has 0 aliphatic carbocycles. The fourth-order valence-electron chi connectivity index (χ4n) is 1.85. The van der Waals surface area contributed by atoms with Crippen LogP contribution in [0.3, 0.4) is 0 Å². The van der Waals surface area contributed by atoms with E-state index in [1.54, 1.807) is 6.07 Å². The van der Waals surface area contributed by atoms with Gasteiger partial charge in [-0.1, -0.05) is 6.07 Å². The number of aliphatic carboxylic acids is 1. The number of aromatic nitrogens is 4. The standard InChI is InChI=1S/C12H9FN4O2S/c13-8-2-1-7-5-10(20-9(7)6-8)12-14-15-16-17(12)4-3-11(18)19/h1-2,5-6H,3-4H2,(H,18,19). The molecular formula is C12H9FN4O2S. The highest BCUT2D eigenvalue weighted by Gasteiger charge is 2.13. The molecule has 1 N–H and O–H groups in total. The van der Waals surface area contributed by atoms with Crippen LogP contribution in [-0.4, -0.2) is 31.3 Å². The van der Waals surface area contributed by atoms with Crippen LogP contribution in [0, 0.1) is 5.82 Å². The van der Waals surface area contributed by atoms with Gasteiger partial charge in [-0.15, -0.1) is 16.4 Å². The summed E-state index contributed by atoms with van der Waals surface area (Å²) in [5, 5.41) is 20.9. The second kappa shape index (κ2) is 4.97. The Hall–Kier alpha value is -2.35. The summed E-state index contributed by atoms with van der Waals surface area (Å²) < 4.78 is 15.4. The predicted molar refractivity (Wildman–Crippen MR) is 70.8 cm³/mol. The van der Waals surface area contributed by atoms with Crippen LogP contribution in [0.15, 0.2) is 24.3 Å². The Labute approximate surface area is 116 Å². The molecule has 6 nitrogen and oxygen atoms in total. The number of halogens is 1. The lowest BCUT2D eigenvalue weighted by Gasteiger charge is -1.99. The Morgan fingerprint density at radius 2 is 2.25 bits per heavy atom. The van der Waals surface area contributed by atoms with E-state index in [1.807, 2.05) is 6.07 Å². The number of rotatable bonds is 4. The zero-order chi connectivity index (χ0) is 14.1. The van der Waals surface area contributed by atoms with Crippen LogP contribution < -0.4 is 0 Å². The van der Waals surface area contributed by atoms with Crippen molar-refractivity contribution in [3.05, 3.63) is 30.1 Å². The van der Waals surface area contributed by atoms with Crippen molar-refractivity contribution in [1.29, 1.82) is 0 Å². The molecular weight excluding hydrogens is 283 g/mol. The van der Waals surface area contributed by atoms with Gasteiger partial charge in [0.2, 0.25) is 0 Å². The second-order valence-electron chi connectivity index (χ2n) is 4.16. The predicted octanol–water partition coefficient (Wildman–Crippen LogP) is 2.17. The van der Waals surface area contributed by atoms with Gasteiger partial charge in [0.05, 0.1) is 17.8 Å². The van der Waals surface area contributed by atoms with E-state index in [0.29, 0.717) is 5.82 Å². The summed E-state index contributed by atoms with van der Waals surface area (Å²) >= 11 is 1.37. The van der Waals surface area contributed by atoms with Crippen LogP contribution in [0.4, 0.5) is 4.39 Å². The Balaban J connectivity index is 1.98. The Bertz CT molecular complexity index is 783. The molecule has 3 rings (SSSR count). The Kier molecular flexibility index (Phi) is 3.15. The summed E-state index contributed by atoms with van der Waals surface area (Å²) in [6.07, 6.45) is -0.0580. The van der Waals surface area contributed by atoms with Gasteiger partial charge < -0.3 is 5.11 Å². The topological polar surface area (TPSA) is 80.9 Å². The first-order chi connectivity index (χ1) is 9.63. The smallest absolute Gasteiger partial charge is 0.305 e. The van der Waals surface area contributed by atoms with Gasteiger partial charge >= 0.3 is 5.97 Å². The molecule has 2 aromatic heterocycles. The maximum Gasteiger partial charge on any atom is 0.305 e. The van der Waals surface area contributed by atoms with Crippen molar-refractivity contribution >= 4 is 27.4 Å². The van der Waals surface area contributed by atoms with Crippen LogP contribution in [0.1, 0.15) is 6.42 Å². The first-order valence-electron chi connectivity index (χ1n) is 5.81. The Morgan fingerprint density at radius 1 is 1.40 bits per heavy atom. The molecule has 0 saturated heterocycles. The highest BCUT2D eigenvalue weighted by molar-refractivity contribution is 7.22. The Morgan fingerprint density at radius 3 is 3.05 bits per heavy atom. The minimum atomic E-state index is -0.912. The van der Waals surface area contributed by atoms with E-state index in [9.17, 15) is 9.18 Å². The maximum absolute atomic E-state index is 13.2. The molecule has 0 aliphatic heterocycles. The molecule has 0 radical (unpaired) electrons. The molecule has 2 heterocycles. The van der Waals surface area contributed by atoms with E-state index in [2.05, 4.69) is 15.5 Å². The third-order valence-corrected chi connectivity index (χ3v) is 3.87. The molecule has 8 heteroatoms. The lowest BCUT2D eigenvalue weighted by molar-refractivity contribution is -0.137. The van der Waals surface area contributed by atoms with Gasteiger partial charge in [0, 0.05) is 4.70 Å². The number of fused-ring (bicyclic) bond motifs is 1. The molecule has 20 heavy (non-hydrogen) atoms. The zero-order valence-corrected chi connectivity index (χ0v) is 11.0. The number of tetrazole rings is 1. The third kappa shape index (κ3) is 2.37. The molecule has 0 unspecified atom stereocenters. The number of hydrogen-bond donors (Lipinski definition) is 1. The molecule has 0 spiro atoms. The van der Waals surface area contributed by atoms with Gasteiger partial charge in [-0.25, -0.2) is 9.07 Å². The van der Waals surface area contributed by atoms with Crippen LogP contribution in [0.25, 0.3) is 20.8 Å². The van der Waals surface area contributed by atoms with E-state index >= 15 is 0 Å². The van der Waals surface area contributed by atoms with Crippen molar-refractivity contribution in [3.63, 3.8) is 0 Å². The average Bonchev–Trinajstić information content (AvgIpc) is 3.01. The lowest BCUT2D eigenvalue weighted by Crippen LogP contribution is -2.07. The molecule has 102 valence electrons. The molecule has 1 aromatic carbocycles. The fourth-order valence-corrected chi connectivity index (χ4v) is 2.93. The van der Waals surface area contributed by atoms with Gasteiger partial charge in [-0.05, 0) is 34.0 Å². The van der Waals surface area contributed by atoms with Crippen LogP contribution in [0.5, 0.6) is 0 Å². The van der Waals surface area contributed by atoms with Crippen LogP contribution in [-0.2, 0) is 11.3 Å². The zero-order valence-electron chi connectivity index (χ0n) is 10.2. The van der Waals surface area contributed by atoms with Gasteiger partial charge in [0.15, 0.2) is 5.82 Å². The maximum atomic E-state index is 13.2.